The molecule has 0 bridgehead atoms. The molecule has 3 heterocycles. The lowest BCUT2D eigenvalue weighted by Crippen LogP contribution is -2.41. The van der Waals surface area contributed by atoms with E-state index in [9.17, 15) is 18.4 Å². The molecule has 0 atom stereocenters. The third kappa shape index (κ3) is 2.98. The number of nitrogens with zero attached hydrogens (tertiary/aromatic N) is 5. The summed E-state index contributed by atoms with van der Waals surface area (Å²) in [5.74, 6) is 0.232. The van der Waals surface area contributed by atoms with Crippen molar-refractivity contribution in [3.05, 3.63) is 46.3 Å². The molecule has 3 aromatic rings. The van der Waals surface area contributed by atoms with Crippen LogP contribution in [0.2, 0.25) is 0 Å². The molecule has 136 valence electrons. The highest BCUT2D eigenvalue weighted by Gasteiger charge is 2.25. The summed E-state index contributed by atoms with van der Waals surface area (Å²) in [4.78, 5) is 26.2. The third-order valence-corrected chi connectivity index (χ3v) is 4.45. The van der Waals surface area contributed by atoms with E-state index in [-0.39, 0.29) is 25.4 Å². The predicted octanol–water partition coefficient (Wildman–Crippen LogP) is 0.771. The second kappa shape index (κ2) is 6.36. The van der Waals surface area contributed by atoms with Crippen LogP contribution < -0.4 is 5.69 Å². The number of aromatic amines is 1. The van der Waals surface area contributed by atoms with Crippen LogP contribution in [0.3, 0.4) is 0 Å². The molecular weight excluding hydrogens is 346 g/mol. The topological polar surface area (TPSA) is 88.8 Å². The molecule has 1 aromatic carbocycles. The van der Waals surface area contributed by atoms with E-state index in [2.05, 4.69) is 15.3 Å². The minimum Gasteiger partial charge on any atom is -0.333 e. The lowest BCUT2D eigenvalue weighted by Gasteiger charge is -2.26. The minimum absolute atomic E-state index is 0.102. The summed E-state index contributed by atoms with van der Waals surface area (Å²) in [6.45, 7) is -0.000261. The van der Waals surface area contributed by atoms with Gasteiger partial charge in [-0.2, -0.15) is 10.2 Å². The van der Waals surface area contributed by atoms with Crippen LogP contribution in [0.5, 0.6) is 0 Å². The van der Waals surface area contributed by atoms with Crippen molar-refractivity contribution in [2.45, 2.75) is 32.5 Å². The number of hydrogen-bond acceptors (Lipinski definition) is 4. The van der Waals surface area contributed by atoms with E-state index < -0.39 is 18.7 Å². The number of H-pyrrole nitrogens is 1. The lowest BCUT2D eigenvalue weighted by molar-refractivity contribution is -0.132. The van der Waals surface area contributed by atoms with Gasteiger partial charge in [0.05, 0.1) is 24.7 Å². The first-order valence-corrected chi connectivity index (χ1v) is 8.16. The molecule has 1 amide bonds. The second-order valence-corrected chi connectivity index (χ2v) is 6.21. The third-order valence-electron chi connectivity index (χ3n) is 4.45. The molecule has 10 heteroatoms. The summed E-state index contributed by atoms with van der Waals surface area (Å²) in [5.41, 5.74) is 1.20. The van der Waals surface area contributed by atoms with Gasteiger partial charge in [-0.1, -0.05) is 6.07 Å². The van der Waals surface area contributed by atoms with Crippen LogP contribution in [0, 0.1) is 0 Å². The maximum atomic E-state index is 12.6. The number of hydrogen-bond donors (Lipinski definition) is 1. The van der Waals surface area contributed by atoms with E-state index in [4.69, 9.17) is 0 Å². The van der Waals surface area contributed by atoms with Gasteiger partial charge in [0.1, 0.15) is 6.54 Å². The van der Waals surface area contributed by atoms with Gasteiger partial charge < -0.3 is 4.90 Å². The van der Waals surface area contributed by atoms with E-state index in [0.717, 1.165) is 21.1 Å². The van der Waals surface area contributed by atoms with E-state index in [1.807, 2.05) is 18.2 Å². The minimum atomic E-state index is -2.65. The van der Waals surface area contributed by atoms with E-state index in [1.54, 1.807) is 11.1 Å². The number of rotatable bonds is 4. The summed E-state index contributed by atoms with van der Waals surface area (Å²) in [7, 11) is 0. The predicted molar refractivity (Wildman–Crippen MR) is 87.7 cm³/mol. The zero-order chi connectivity index (χ0) is 18.3. The summed E-state index contributed by atoms with van der Waals surface area (Å²) in [5, 5.41) is 11.7. The summed E-state index contributed by atoms with van der Waals surface area (Å²) in [6.07, 6.45) is -0.748. The molecule has 2 aromatic heterocycles. The summed E-state index contributed by atoms with van der Waals surface area (Å²) < 4.78 is 27.2. The summed E-state index contributed by atoms with van der Waals surface area (Å²) >= 11 is 0. The van der Waals surface area contributed by atoms with Gasteiger partial charge >= 0.3 is 5.69 Å². The summed E-state index contributed by atoms with van der Waals surface area (Å²) in [6, 6.07) is 5.62. The van der Waals surface area contributed by atoms with Crippen LogP contribution >= 0.6 is 0 Å². The Morgan fingerprint density at radius 3 is 2.96 bits per heavy atom. The lowest BCUT2D eigenvalue weighted by atomic mass is 10.1. The highest BCUT2D eigenvalue weighted by atomic mass is 19.3. The Hall–Kier alpha value is -3.04. The highest BCUT2D eigenvalue weighted by molar-refractivity contribution is 5.83. The maximum absolute atomic E-state index is 12.6. The Morgan fingerprint density at radius 2 is 2.15 bits per heavy atom. The molecule has 1 aliphatic rings. The molecule has 0 saturated heterocycles. The van der Waals surface area contributed by atoms with Crippen molar-refractivity contribution in [2.75, 3.05) is 6.54 Å². The fraction of sp³-hybridized carbons (Fsp3) is 0.375. The number of alkyl halides is 2. The molecule has 0 aliphatic carbocycles. The Balaban J connectivity index is 1.49. The Morgan fingerprint density at radius 1 is 1.31 bits per heavy atom. The molecule has 0 fully saturated rings. The van der Waals surface area contributed by atoms with Crippen molar-refractivity contribution in [1.29, 1.82) is 0 Å². The number of fused-ring (bicyclic) bond motifs is 2. The first-order chi connectivity index (χ1) is 12.5. The van der Waals surface area contributed by atoms with Crippen LogP contribution in [0.1, 0.15) is 11.4 Å². The zero-order valence-corrected chi connectivity index (χ0v) is 13.7. The first kappa shape index (κ1) is 16.4. The number of aromatic nitrogens is 5. The van der Waals surface area contributed by atoms with E-state index in [0.29, 0.717) is 12.4 Å². The van der Waals surface area contributed by atoms with Gasteiger partial charge in [-0.3, -0.25) is 14.5 Å². The van der Waals surface area contributed by atoms with Crippen molar-refractivity contribution in [1.82, 2.24) is 29.4 Å². The molecule has 0 saturated carbocycles. The molecule has 0 radical (unpaired) electrons. The van der Waals surface area contributed by atoms with Crippen molar-refractivity contribution in [3.63, 3.8) is 0 Å². The standard InChI is InChI=1S/C16H16F2N6O2/c17-13(18)8-24-16(26)23-4-3-22(9-14(23)21-24)15(25)6-10-1-2-12-11(5-10)7-19-20-12/h1-2,5,7,13H,3-4,6,8-9H2,(H,19,20). The number of halogens is 2. The number of amides is 1. The average molecular weight is 362 g/mol. The second-order valence-electron chi connectivity index (χ2n) is 6.21. The fourth-order valence-electron chi connectivity index (χ4n) is 3.15. The SMILES string of the molecule is O=C(Cc1ccc2[nH]ncc2c1)N1CCn2c(nn(CC(F)F)c2=O)C1. The van der Waals surface area contributed by atoms with Crippen LogP contribution in [0.15, 0.2) is 29.2 Å². The molecule has 8 nitrogen and oxygen atoms in total. The molecule has 1 aliphatic heterocycles. The van der Waals surface area contributed by atoms with E-state index in [1.165, 1.54) is 4.57 Å². The monoisotopic (exact) mass is 362 g/mol. The van der Waals surface area contributed by atoms with Crippen molar-refractivity contribution >= 4 is 16.8 Å². The quantitative estimate of drug-likeness (QED) is 0.743. The van der Waals surface area contributed by atoms with Crippen LogP contribution in [0.25, 0.3) is 10.9 Å². The number of benzene rings is 1. The molecule has 1 N–H and O–H groups in total. The molecule has 4 rings (SSSR count). The normalized spacial score (nSPS) is 14.2. The largest absolute Gasteiger partial charge is 0.346 e. The Labute approximate surface area is 146 Å². The van der Waals surface area contributed by atoms with Gasteiger partial charge in [0.2, 0.25) is 5.91 Å². The smallest absolute Gasteiger partial charge is 0.333 e. The van der Waals surface area contributed by atoms with Crippen LogP contribution in [-0.2, 0) is 30.8 Å². The Bertz CT molecular complexity index is 1020. The van der Waals surface area contributed by atoms with E-state index >= 15 is 0 Å². The average Bonchev–Trinajstić information content (AvgIpc) is 3.18. The number of carbonyl (C=O) groups excluding carboxylic acids is 1. The van der Waals surface area contributed by atoms with Gasteiger partial charge in [-0.25, -0.2) is 18.3 Å². The fourth-order valence-corrected chi connectivity index (χ4v) is 3.15. The number of nitrogens with one attached hydrogen (secondary N) is 1. The van der Waals surface area contributed by atoms with Gasteiger partial charge in [0.15, 0.2) is 5.82 Å². The van der Waals surface area contributed by atoms with Gasteiger partial charge in [0.25, 0.3) is 6.43 Å². The van der Waals surface area contributed by atoms with Crippen molar-refractivity contribution in [2.24, 2.45) is 0 Å². The van der Waals surface area contributed by atoms with Gasteiger partial charge in [-0.15, -0.1) is 0 Å². The van der Waals surface area contributed by atoms with Crippen molar-refractivity contribution < 1.29 is 13.6 Å². The zero-order valence-electron chi connectivity index (χ0n) is 13.7. The molecular formula is C16H16F2N6O2. The van der Waals surface area contributed by atoms with Crippen molar-refractivity contribution in [3.8, 4) is 0 Å². The Kier molecular flexibility index (Phi) is 4.02. The van der Waals surface area contributed by atoms with Crippen LogP contribution in [0.4, 0.5) is 8.78 Å². The van der Waals surface area contributed by atoms with Gasteiger partial charge in [-0.05, 0) is 17.7 Å². The highest BCUT2D eigenvalue weighted by Crippen LogP contribution is 2.15. The maximum Gasteiger partial charge on any atom is 0.346 e. The van der Waals surface area contributed by atoms with Crippen LogP contribution in [-0.4, -0.2) is 48.3 Å². The number of carbonyl (C=O) groups is 1. The first-order valence-electron chi connectivity index (χ1n) is 8.16. The molecule has 0 unspecified atom stereocenters. The molecule has 26 heavy (non-hydrogen) atoms. The molecule has 0 spiro atoms. The van der Waals surface area contributed by atoms with Gasteiger partial charge in [0, 0.05) is 18.5 Å².